The van der Waals surface area contributed by atoms with E-state index in [1.807, 2.05) is 12.1 Å². The van der Waals surface area contributed by atoms with Gasteiger partial charge < -0.3 is 15.5 Å². The van der Waals surface area contributed by atoms with Gasteiger partial charge in [-0.05, 0) is 44.1 Å². The highest BCUT2D eigenvalue weighted by molar-refractivity contribution is 5.89. The fraction of sp³-hybridized carbons (Fsp3) is 0.500. The van der Waals surface area contributed by atoms with Gasteiger partial charge in [-0.3, -0.25) is 4.79 Å². The SMILES string of the molecule is CC(=O)Nc1ccc2c(c1)NCC(CN(C)C)C2. The average Bonchev–Trinajstić information content (AvgIpc) is 2.27. The molecular formula is C14H21N3O. The zero-order chi connectivity index (χ0) is 13.1. The van der Waals surface area contributed by atoms with Crippen molar-refractivity contribution in [3.8, 4) is 0 Å². The number of anilines is 2. The maximum absolute atomic E-state index is 11.0. The third-order valence-electron chi connectivity index (χ3n) is 3.14. The number of amides is 1. The summed E-state index contributed by atoms with van der Waals surface area (Å²) >= 11 is 0. The highest BCUT2D eigenvalue weighted by atomic mass is 16.1. The van der Waals surface area contributed by atoms with Crippen LogP contribution in [0.5, 0.6) is 0 Å². The summed E-state index contributed by atoms with van der Waals surface area (Å²) in [5.41, 5.74) is 3.35. The smallest absolute Gasteiger partial charge is 0.221 e. The lowest BCUT2D eigenvalue weighted by molar-refractivity contribution is -0.114. The van der Waals surface area contributed by atoms with E-state index in [2.05, 4.69) is 35.7 Å². The van der Waals surface area contributed by atoms with E-state index in [9.17, 15) is 4.79 Å². The van der Waals surface area contributed by atoms with Crippen molar-refractivity contribution in [2.24, 2.45) is 5.92 Å². The zero-order valence-electron chi connectivity index (χ0n) is 11.3. The van der Waals surface area contributed by atoms with Crippen LogP contribution in [0.25, 0.3) is 0 Å². The third kappa shape index (κ3) is 3.23. The summed E-state index contributed by atoms with van der Waals surface area (Å²) in [6.07, 6.45) is 1.10. The van der Waals surface area contributed by atoms with E-state index in [0.29, 0.717) is 5.92 Å². The summed E-state index contributed by atoms with van der Waals surface area (Å²) in [6, 6.07) is 6.10. The molecule has 1 amide bonds. The molecule has 1 unspecified atom stereocenters. The van der Waals surface area contributed by atoms with Crippen LogP contribution in [0.3, 0.4) is 0 Å². The molecule has 2 rings (SSSR count). The van der Waals surface area contributed by atoms with Gasteiger partial charge in [0.05, 0.1) is 0 Å². The molecule has 0 aliphatic carbocycles. The normalized spacial score (nSPS) is 18.1. The standard InChI is InChI=1S/C14H21N3O/c1-10(18)16-13-5-4-12-6-11(9-17(2)3)8-15-14(12)7-13/h4-5,7,11,15H,6,8-9H2,1-3H3,(H,16,18). The van der Waals surface area contributed by atoms with Crippen LogP contribution in [0.15, 0.2) is 18.2 Å². The Kier molecular flexibility index (Phi) is 3.87. The average molecular weight is 247 g/mol. The maximum Gasteiger partial charge on any atom is 0.221 e. The minimum atomic E-state index is -0.0313. The van der Waals surface area contributed by atoms with Gasteiger partial charge in [0.25, 0.3) is 0 Å². The van der Waals surface area contributed by atoms with Crippen molar-refractivity contribution in [2.75, 3.05) is 37.8 Å². The van der Waals surface area contributed by atoms with Crippen LogP contribution in [0.4, 0.5) is 11.4 Å². The van der Waals surface area contributed by atoms with Gasteiger partial charge in [0.1, 0.15) is 0 Å². The molecule has 4 nitrogen and oxygen atoms in total. The van der Waals surface area contributed by atoms with E-state index < -0.39 is 0 Å². The number of benzene rings is 1. The van der Waals surface area contributed by atoms with E-state index >= 15 is 0 Å². The quantitative estimate of drug-likeness (QED) is 0.856. The monoisotopic (exact) mass is 247 g/mol. The topological polar surface area (TPSA) is 44.4 Å². The van der Waals surface area contributed by atoms with Gasteiger partial charge in [0.2, 0.25) is 5.91 Å². The number of carbonyl (C=O) groups is 1. The minimum Gasteiger partial charge on any atom is -0.384 e. The lowest BCUT2D eigenvalue weighted by Crippen LogP contribution is -2.32. The van der Waals surface area contributed by atoms with Crippen LogP contribution >= 0.6 is 0 Å². The Labute approximate surface area is 108 Å². The molecule has 0 spiro atoms. The van der Waals surface area contributed by atoms with E-state index in [0.717, 1.165) is 30.9 Å². The molecule has 1 aliphatic heterocycles. The van der Waals surface area contributed by atoms with Crippen molar-refractivity contribution in [1.82, 2.24) is 4.90 Å². The predicted molar refractivity (Wildman–Crippen MR) is 75.0 cm³/mol. The first-order chi connectivity index (χ1) is 8.54. The minimum absolute atomic E-state index is 0.0313. The second kappa shape index (κ2) is 5.40. The van der Waals surface area contributed by atoms with Crippen LogP contribution in [-0.4, -0.2) is 38.0 Å². The Bertz CT molecular complexity index is 443. The number of fused-ring (bicyclic) bond motifs is 1. The van der Waals surface area contributed by atoms with E-state index in [1.54, 1.807) is 0 Å². The first kappa shape index (κ1) is 12.9. The Morgan fingerprint density at radius 3 is 2.94 bits per heavy atom. The third-order valence-corrected chi connectivity index (χ3v) is 3.14. The first-order valence-corrected chi connectivity index (χ1v) is 6.33. The molecule has 0 saturated heterocycles. The van der Waals surface area contributed by atoms with Crippen molar-refractivity contribution in [2.45, 2.75) is 13.3 Å². The highest BCUT2D eigenvalue weighted by Crippen LogP contribution is 2.27. The first-order valence-electron chi connectivity index (χ1n) is 6.33. The van der Waals surface area contributed by atoms with Crippen molar-refractivity contribution < 1.29 is 4.79 Å². The Morgan fingerprint density at radius 1 is 1.50 bits per heavy atom. The second-order valence-corrected chi connectivity index (χ2v) is 5.27. The molecule has 2 N–H and O–H groups in total. The van der Waals surface area contributed by atoms with Gasteiger partial charge in [0.15, 0.2) is 0 Å². The molecule has 98 valence electrons. The van der Waals surface area contributed by atoms with Gasteiger partial charge in [-0.1, -0.05) is 6.07 Å². The number of hydrogen-bond acceptors (Lipinski definition) is 3. The molecule has 0 saturated carbocycles. The molecule has 18 heavy (non-hydrogen) atoms. The van der Waals surface area contributed by atoms with Gasteiger partial charge in [-0.15, -0.1) is 0 Å². The molecule has 0 bridgehead atoms. The molecule has 1 atom stereocenters. The van der Waals surface area contributed by atoms with Crippen LogP contribution in [0, 0.1) is 5.92 Å². The fourth-order valence-corrected chi connectivity index (χ4v) is 2.48. The van der Waals surface area contributed by atoms with Crippen molar-refractivity contribution >= 4 is 17.3 Å². The lowest BCUT2D eigenvalue weighted by atomic mass is 9.93. The number of carbonyl (C=O) groups excluding carboxylic acids is 1. The largest absolute Gasteiger partial charge is 0.384 e. The number of rotatable bonds is 3. The number of nitrogens with zero attached hydrogens (tertiary/aromatic N) is 1. The lowest BCUT2D eigenvalue weighted by Gasteiger charge is -2.28. The molecule has 0 aromatic heterocycles. The van der Waals surface area contributed by atoms with E-state index in [-0.39, 0.29) is 5.91 Å². The molecular weight excluding hydrogens is 226 g/mol. The summed E-state index contributed by atoms with van der Waals surface area (Å²) in [5, 5.41) is 6.26. The maximum atomic E-state index is 11.0. The van der Waals surface area contributed by atoms with Crippen LogP contribution in [-0.2, 0) is 11.2 Å². The molecule has 1 aromatic rings. The summed E-state index contributed by atoms with van der Waals surface area (Å²) in [5.74, 6) is 0.621. The van der Waals surface area contributed by atoms with Crippen molar-refractivity contribution in [3.63, 3.8) is 0 Å². The summed E-state index contributed by atoms with van der Waals surface area (Å²) in [7, 11) is 4.21. The summed E-state index contributed by atoms with van der Waals surface area (Å²) in [6.45, 7) is 3.62. The molecule has 1 aliphatic rings. The Morgan fingerprint density at radius 2 is 2.28 bits per heavy atom. The van der Waals surface area contributed by atoms with Crippen LogP contribution < -0.4 is 10.6 Å². The molecule has 4 heteroatoms. The van der Waals surface area contributed by atoms with Crippen LogP contribution in [0.1, 0.15) is 12.5 Å². The Hall–Kier alpha value is -1.55. The summed E-state index contributed by atoms with van der Waals surface area (Å²) < 4.78 is 0. The van der Waals surface area contributed by atoms with Gasteiger partial charge >= 0.3 is 0 Å². The Balaban J connectivity index is 2.08. The van der Waals surface area contributed by atoms with Crippen molar-refractivity contribution in [1.29, 1.82) is 0 Å². The zero-order valence-corrected chi connectivity index (χ0v) is 11.3. The summed E-state index contributed by atoms with van der Waals surface area (Å²) in [4.78, 5) is 13.2. The molecule has 0 radical (unpaired) electrons. The molecule has 0 fully saturated rings. The number of nitrogens with one attached hydrogen (secondary N) is 2. The molecule has 1 heterocycles. The van der Waals surface area contributed by atoms with Crippen LogP contribution in [0.2, 0.25) is 0 Å². The van der Waals surface area contributed by atoms with Gasteiger partial charge in [-0.25, -0.2) is 0 Å². The number of hydrogen-bond donors (Lipinski definition) is 2. The van der Waals surface area contributed by atoms with E-state index in [1.165, 1.54) is 12.5 Å². The highest BCUT2D eigenvalue weighted by Gasteiger charge is 2.18. The van der Waals surface area contributed by atoms with E-state index in [4.69, 9.17) is 0 Å². The predicted octanol–water partition coefficient (Wildman–Crippen LogP) is 1.79. The second-order valence-electron chi connectivity index (χ2n) is 5.27. The fourth-order valence-electron chi connectivity index (χ4n) is 2.48. The van der Waals surface area contributed by atoms with Crippen molar-refractivity contribution in [3.05, 3.63) is 23.8 Å². The molecule has 1 aromatic carbocycles. The van der Waals surface area contributed by atoms with Gasteiger partial charge in [0, 0.05) is 31.4 Å². The van der Waals surface area contributed by atoms with Gasteiger partial charge in [-0.2, -0.15) is 0 Å².